The molecule has 2 rings (SSSR count). The Kier molecular flexibility index (Phi) is 8.16. The van der Waals surface area contributed by atoms with Crippen LogP contribution in [0.4, 0.5) is 0 Å². The van der Waals surface area contributed by atoms with E-state index in [0.717, 1.165) is 37.6 Å². The van der Waals surface area contributed by atoms with Gasteiger partial charge in [0.25, 0.3) is 0 Å². The van der Waals surface area contributed by atoms with Gasteiger partial charge in [-0.25, -0.2) is 0 Å². The third kappa shape index (κ3) is 6.82. The van der Waals surface area contributed by atoms with E-state index < -0.39 is 0 Å². The topological polar surface area (TPSA) is 32.3 Å². The molecule has 115 valence electrons. The van der Waals surface area contributed by atoms with Gasteiger partial charge in [-0.05, 0) is 38.4 Å². The van der Waals surface area contributed by atoms with Crippen molar-refractivity contribution in [3.8, 4) is 0 Å². The van der Waals surface area contributed by atoms with Gasteiger partial charge in [0.2, 0.25) is 0 Å². The Morgan fingerprint density at radius 3 is 1.71 bits per heavy atom. The molecule has 2 aromatic heterocycles. The second-order valence-electron chi connectivity index (χ2n) is 5.16. The molecule has 4 nitrogen and oxygen atoms in total. The zero-order chi connectivity index (χ0) is 14.2. The fraction of sp³-hybridized carbons (Fsp3) is 0.375. The van der Waals surface area contributed by atoms with Gasteiger partial charge in [0, 0.05) is 38.6 Å². The molecule has 0 unspecified atom stereocenters. The van der Waals surface area contributed by atoms with Gasteiger partial charge in [0.1, 0.15) is 0 Å². The number of nitrogens with zero attached hydrogens (tertiary/aromatic N) is 4. The number of rotatable bonds is 7. The van der Waals surface area contributed by atoms with Crippen molar-refractivity contribution in [2.24, 2.45) is 0 Å². The van der Waals surface area contributed by atoms with Crippen LogP contribution in [0.3, 0.4) is 0 Å². The van der Waals surface area contributed by atoms with Crippen molar-refractivity contribution in [3.63, 3.8) is 0 Å². The zero-order valence-electron chi connectivity index (χ0n) is 12.5. The summed E-state index contributed by atoms with van der Waals surface area (Å²) in [6.07, 6.45) is 3.69. The van der Waals surface area contributed by atoms with Crippen molar-refractivity contribution >= 4 is 0 Å². The van der Waals surface area contributed by atoms with Crippen LogP contribution in [0.15, 0.2) is 48.8 Å². The van der Waals surface area contributed by atoms with E-state index in [2.05, 4.69) is 46.0 Å². The number of pyridine rings is 2. The summed E-state index contributed by atoms with van der Waals surface area (Å²) >= 11 is 0. The maximum absolute atomic E-state index is 4.41. The van der Waals surface area contributed by atoms with E-state index in [1.54, 1.807) is 0 Å². The number of likely N-dealkylation sites (N-methyl/N-ethyl adjacent to an activating group) is 1. The second kappa shape index (κ2) is 9.64. The van der Waals surface area contributed by atoms with Crippen LogP contribution in [0.2, 0.25) is 0 Å². The third-order valence-electron chi connectivity index (χ3n) is 3.09. The maximum Gasteiger partial charge on any atom is 2.00 e. The predicted molar refractivity (Wildman–Crippen MR) is 81.1 cm³/mol. The van der Waals surface area contributed by atoms with E-state index in [9.17, 15) is 0 Å². The summed E-state index contributed by atoms with van der Waals surface area (Å²) in [6.45, 7) is 3.73. The first-order valence-electron chi connectivity index (χ1n) is 6.91. The van der Waals surface area contributed by atoms with Gasteiger partial charge in [-0.2, -0.15) is 0 Å². The largest absolute Gasteiger partial charge is 2.00 e. The normalized spacial score (nSPS) is 10.7. The van der Waals surface area contributed by atoms with E-state index in [0.29, 0.717) is 0 Å². The second-order valence-corrected chi connectivity index (χ2v) is 5.16. The minimum atomic E-state index is 0. The first-order chi connectivity index (χ1) is 9.74. The predicted octanol–water partition coefficient (Wildman–Crippen LogP) is 2.04. The minimum Gasteiger partial charge on any atom is -0.308 e. The molecule has 0 N–H and O–H groups in total. The van der Waals surface area contributed by atoms with Crippen molar-refractivity contribution < 1.29 is 17.1 Å². The molecule has 0 bridgehead atoms. The standard InChI is InChI=1S/C16H22N4.Cu/c1-19(2)11-12-20(13-15-7-3-5-9-17-15)14-16-8-4-6-10-18-16;/h3-10H,11-14H2,1-2H3;/q;+2. The van der Waals surface area contributed by atoms with Crippen molar-refractivity contribution in [2.45, 2.75) is 13.1 Å². The van der Waals surface area contributed by atoms with Gasteiger partial charge < -0.3 is 4.90 Å². The van der Waals surface area contributed by atoms with Gasteiger partial charge in [-0.15, -0.1) is 0 Å². The van der Waals surface area contributed by atoms with Crippen molar-refractivity contribution in [3.05, 3.63) is 60.2 Å². The Morgan fingerprint density at radius 1 is 0.810 bits per heavy atom. The van der Waals surface area contributed by atoms with Crippen LogP contribution in [-0.4, -0.2) is 47.0 Å². The quantitative estimate of drug-likeness (QED) is 0.726. The fourth-order valence-electron chi connectivity index (χ4n) is 2.00. The summed E-state index contributed by atoms with van der Waals surface area (Å²) in [7, 11) is 4.19. The molecule has 0 aromatic carbocycles. The Labute approximate surface area is 137 Å². The molecule has 0 aliphatic heterocycles. The summed E-state index contributed by atoms with van der Waals surface area (Å²) in [4.78, 5) is 13.4. The minimum absolute atomic E-state index is 0. The van der Waals surface area contributed by atoms with Crippen LogP contribution >= 0.6 is 0 Å². The maximum atomic E-state index is 4.41. The average Bonchev–Trinajstić information content (AvgIpc) is 2.47. The summed E-state index contributed by atoms with van der Waals surface area (Å²) in [5.74, 6) is 0. The van der Waals surface area contributed by atoms with Gasteiger partial charge in [-0.1, -0.05) is 12.1 Å². The summed E-state index contributed by atoms with van der Waals surface area (Å²) in [5.41, 5.74) is 2.20. The Morgan fingerprint density at radius 2 is 1.33 bits per heavy atom. The van der Waals surface area contributed by atoms with E-state index in [1.165, 1.54) is 0 Å². The summed E-state index contributed by atoms with van der Waals surface area (Å²) in [6, 6.07) is 12.1. The SMILES string of the molecule is CN(C)CCN(Cc1ccccn1)Cc1ccccn1.[Cu+2]. The molecule has 0 atom stereocenters. The molecule has 0 saturated heterocycles. The number of hydrogen-bond acceptors (Lipinski definition) is 4. The average molecular weight is 334 g/mol. The van der Waals surface area contributed by atoms with Crippen LogP contribution in [0.1, 0.15) is 11.4 Å². The van der Waals surface area contributed by atoms with Gasteiger partial charge in [0.15, 0.2) is 0 Å². The smallest absolute Gasteiger partial charge is 0.308 e. The molecule has 0 amide bonds. The van der Waals surface area contributed by atoms with Crippen molar-refractivity contribution in [2.75, 3.05) is 27.2 Å². The first-order valence-corrected chi connectivity index (χ1v) is 6.91. The van der Waals surface area contributed by atoms with Crippen molar-refractivity contribution in [1.29, 1.82) is 0 Å². The molecule has 5 heteroatoms. The molecule has 2 aromatic rings. The van der Waals surface area contributed by atoms with E-state index >= 15 is 0 Å². The Balaban J connectivity index is 0.00000220. The molecule has 0 aliphatic rings. The molecule has 0 aliphatic carbocycles. The third-order valence-corrected chi connectivity index (χ3v) is 3.09. The van der Waals surface area contributed by atoms with Gasteiger partial charge in [-0.3, -0.25) is 14.9 Å². The van der Waals surface area contributed by atoms with Crippen LogP contribution < -0.4 is 0 Å². The monoisotopic (exact) mass is 333 g/mol. The zero-order valence-corrected chi connectivity index (χ0v) is 13.5. The summed E-state index contributed by atoms with van der Waals surface area (Å²) in [5, 5.41) is 0. The number of hydrogen-bond donors (Lipinski definition) is 0. The Bertz CT molecular complexity index is 449. The molecule has 2 heterocycles. The van der Waals surface area contributed by atoms with Crippen LogP contribution in [0, 0.1) is 0 Å². The van der Waals surface area contributed by atoms with E-state index in [4.69, 9.17) is 0 Å². The van der Waals surface area contributed by atoms with Crippen LogP contribution in [0.25, 0.3) is 0 Å². The van der Waals surface area contributed by atoms with Gasteiger partial charge in [0.05, 0.1) is 11.4 Å². The molecule has 0 fully saturated rings. The van der Waals surface area contributed by atoms with Crippen LogP contribution in [0.5, 0.6) is 0 Å². The summed E-state index contributed by atoms with van der Waals surface area (Å²) < 4.78 is 0. The Hall–Kier alpha value is -1.26. The van der Waals surface area contributed by atoms with Crippen molar-refractivity contribution in [1.82, 2.24) is 19.8 Å². The molecule has 1 radical (unpaired) electrons. The number of aromatic nitrogens is 2. The van der Waals surface area contributed by atoms with Crippen LogP contribution in [-0.2, 0) is 30.2 Å². The fourth-order valence-corrected chi connectivity index (χ4v) is 2.00. The molecule has 0 spiro atoms. The van der Waals surface area contributed by atoms with E-state index in [-0.39, 0.29) is 17.1 Å². The molecular weight excluding hydrogens is 312 g/mol. The van der Waals surface area contributed by atoms with E-state index in [1.807, 2.05) is 36.7 Å². The molecular formula is C16H22CuN4+2. The first kappa shape index (κ1) is 17.8. The molecule has 0 saturated carbocycles. The molecule has 21 heavy (non-hydrogen) atoms. The van der Waals surface area contributed by atoms with Gasteiger partial charge >= 0.3 is 17.1 Å².